The molecular weight excluding hydrogens is 242 g/mol. The zero-order valence-electron chi connectivity index (χ0n) is 12.3. The van der Waals surface area contributed by atoms with Gasteiger partial charge in [0.25, 0.3) is 0 Å². The van der Waals surface area contributed by atoms with Gasteiger partial charge in [-0.3, -0.25) is 10.1 Å². The van der Waals surface area contributed by atoms with Gasteiger partial charge in [-0.05, 0) is 18.8 Å². The van der Waals surface area contributed by atoms with E-state index in [1.54, 1.807) is 4.90 Å². The molecule has 6 nitrogen and oxygen atoms in total. The van der Waals surface area contributed by atoms with E-state index in [0.717, 1.165) is 19.4 Å². The Labute approximate surface area is 115 Å². The number of hydrogen-bond acceptors (Lipinski definition) is 5. The Balaban J connectivity index is 2.16. The van der Waals surface area contributed by atoms with Crippen molar-refractivity contribution >= 4 is 11.9 Å². The Kier molecular flexibility index (Phi) is 3.99. The molecule has 1 saturated heterocycles. The summed E-state index contributed by atoms with van der Waals surface area (Å²) in [5.41, 5.74) is 5.98. The van der Waals surface area contributed by atoms with Gasteiger partial charge >= 0.3 is 0 Å². The van der Waals surface area contributed by atoms with E-state index >= 15 is 0 Å². The molecule has 0 aromatic heterocycles. The molecular formula is C13H25N5O. The molecule has 1 unspecified atom stereocenters. The Bertz CT molecular complexity index is 381. The summed E-state index contributed by atoms with van der Waals surface area (Å²) < 4.78 is 0. The van der Waals surface area contributed by atoms with Crippen LogP contribution >= 0.6 is 0 Å². The molecule has 108 valence electrons. The highest BCUT2D eigenvalue weighted by atomic mass is 16.2. The highest BCUT2D eigenvalue weighted by molar-refractivity contribution is 5.86. The van der Waals surface area contributed by atoms with Gasteiger partial charge in [0.15, 0.2) is 5.96 Å². The number of likely N-dealkylation sites (N-methyl/N-ethyl adjacent to an activating group) is 1. The van der Waals surface area contributed by atoms with E-state index in [0.29, 0.717) is 11.9 Å². The molecule has 3 atom stereocenters. The summed E-state index contributed by atoms with van der Waals surface area (Å²) in [4.78, 5) is 20.7. The fourth-order valence-electron chi connectivity index (χ4n) is 2.92. The summed E-state index contributed by atoms with van der Waals surface area (Å²) >= 11 is 0. The van der Waals surface area contributed by atoms with Crippen LogP contribution in [0.5, 0.6) is 0 Å². The average molecular weight is 267 g/mol. The molecule has 2 rings (SSSR count). The summed E-state index contributed by atoms with van der Waals surface area (Å²) in [5.74, 6) is 1.15. The van der Waals surface area contributed by atoms with Gasteiger partial charge in [-0.15, -0.1) is 0 Å². The minimum atomic E-state index is -0.149. The Morgan fingerprint density at radius 1 is 1.47 bits per heavy atom. The van der Waals surface area contributed by atoms with Crippen LogP contribution in [0.15, 0.2) is 4.99 Å². The Morgan fingerprint density at radius 2 is 2.16 bits per heavy atom. The van der Waals surface area contributed by atoms with E-state index in [1.807, 2.05) is 11.9 Å². The Morgan fingerprint density at radius 3 is 2.74 bits per heavy atom. The third kappa shape index (κ3) is 2.54. The van der Waals surface area contributed by atoms with E-state index in [-0.39, 0.29) is 24.3 Å². The van der Waals surface area contributed by atoms with Gasteiger partial charge in [0.05, 0.1) is 6.04 Å². The van der Waals surface area contributed by atoms with Gasteiger partial charge in [-0.25, -0.2) is 4.99 Å². The topological polar surface area (TPSA) is 74.0 Å². The molecule has 6 heteroatoms. The number of piperazine rings is 1. The third-order valence-corrected chi connectivity index (χ3v) is 3.75. The monoisotopic (exact) mass is 267 g/mol. The third-order valence-electron chi connectivity index (χ3n) is 3.75. The molecule has 2 aliphatic rings. The second kappa shape index (κ2) is 5.36. The number of carbonyl (C=O) groups is 1. The summed E-state index contributed by atoms with van der Waals surface area (Å²) in [7, 11) is 1.85. The molecule has 0 bridgehead atoms. The largest absolute Gasteiger partial charge is 0.370 e. The predicted molar refractivity (Wildman–Crippen MR) is 75.3 cm³/mol. The van der Waals surface area contributed by atoms with Gasteiger partial charge in [-0.1, -0.05) is 20.8 Å². The maximum atomic E-state index is 12.4. The van der Waals surface area contributed by atoms with Crippen LogP contribution in [-0.2, 0) is 4.79 Å². The van der Waals surface area contributed by atoms with Crippen molar-refractivity contribution in [2.75, 3.05) is 13.6 Å². The first-order chi connectivity index (χ1) is 8.95. The lowest BCUT2D eigenvalue weighted by atomic mass is 10.00. The van der Waals surface area contributed by atoms with Gasteiger partial charge in [0, 0.05) is 13.6 Å². The summed E-state index contributed by atoms with van der Waals surface area (Å²) in [6.45, 7) is 7.17. The SMILES string of the molecule is CCCN1C(N)=N[C@H]2N[C@@H](CC(C)C)C(=O)N(C)C21. The number of fused-ring (bicyclic) bond motifs is 1. The zero-order chi connectivity index (χ0) is 14.2. The highest BCUT2D eigenvalue weighted by Gasteiger charge is 2.46. The standard InChI is InChI=1S/C13H25N5O/c1-5-6-18-11-10(16-13(18)14)15-9(7-8(2)3)12(19)17(11)4/h8-11,15H,5-7H2,1-4H3,(H2,14,16)/t9-,10+,11?/m0/s1. The van der Waals surface area contributed by atoms with Crippen molar-refractivity contribution < 1.29 is 4.79 Å². The molecule has 3 N–H and O–H groups in total. The fraction of sp³-hybridized carbons (Fsp3) is 0.846. The van der Waals surface area contributed by atoms with Crippen LogP contribution in [0.1, 0.15) is 33.6 Å². The van der Waals surface area contributed by atoms with Crippen molar-refractivity contribution in [1.82, 2.24) is 15.1 Å². The fourth-order valence-corrected chi connectivity index (χ4v) is 2.92. The van der Waals surface area contributed by atoms with Crippen molar-refractivity contribution in [3.8, 4) is 0 Å². The molecule has 2 heterocycles. The first kappa shape index (κ1) is 14.1. The molecule has 0 radical (unpaired) electrons. The minimum absolute atomic E-state index is 0.0733. The number of guanidine groups is 1. The van der Waals surface area contributed by atoms with Gasteiger partial charge in [0.2, 0.25) is 5.91 Å². The first-order valence-corrected chi connectivity index (χ1v) is 7.08. The van der Waals surface area contributed by atoms with Crippen molar-refractivity contribution in [3.05, 3.63) is 0 Å². The number of carbonyl (C=O) groups excluding carboxylic acids is 1. The second-order valence-electron chi connectivity index (χ2n) is 5.84. The maximum Gasteiger partial charge on any atom is 0.241 e. The van der Waals surface area contributed by atoms with Crippen LogP contribution in [0, 0.1) is 5.92 Å². The van der Waals surface area contributed by atoms with E-state index in [2.05, 4.69) is 31.1 Å². The number of nitrogens with one attached hydrogen (secondary N) is 1. The molecule has 0 aromatic rings. The zero-order valence-corrected chi connectivity index (χ0v) is 12.3. The molecule has 1 fully saturated rings. The maximum absolute atomic E-state index is 12.4. The average Bonchev–Trinajstić information content (AvgIpc) is 2.63. The first-order valence-electron chi connectivity index (χ1n) is 7.08. The Hall–Kier alpha value is -1.30. The molecule has 1 amide bonds. The van der Waals surface area contributed by atoms with Crippen LogP contribution in [0.3, 0.4) is 0 Å². The van der Waals surface area contributed by atoms with Crippen molar-refractivity contribution in [1.29, 1.82) is 0 Å². The lowest BCUT2D eigenvalue weighted by Crippen LogP contribution is -2.66. The molecule has 0 saturated carbocycles. The van der Waals surface area contributed by atoms with Crippen molar-refractivity contribution in [2.24, 2.45) is 16.6 Å². The second-order valence-corrected chi connectivity index (χ2v) is 5.84. The summed E-state index contributed by atoms with van der Waals surface area (Å²) in [5, 5.41) is 3.35. The van der Waals surface area contributed by atoms with Crippen LogP contribution in [0.2, 0.25) is 0 Å². The molecule has 2 aliphatic heterocycles. The molecule has 0 aliphatic carbocycles. The lowest BCUT2D eigenvalue weighted by molar-refractivity contribution is -0.142. The number of nitrogens with two attached hydrogens (primary N) is 1. The van der Waals surface area contributed by atoms with Crippen LogP contribution in [-0.4, -0.2) is 53.6 Å². The number of hydrogen-bond donors (Lipinski definition) is 2. The molecule has 19 heavy (non-hydrogen) atoms. The van der Waals surface area contributed by atoms with Crippen molar-refractivity contribution in [2.45, 2.75) is 52.0 Å². The normalized spacial score (nSPS) is 30.9. The summed E-state index contributed by atoms with van der Waals surface area (Å²) in [6.07, 6.45) is 1.64. The minimum Gasteiger partial charge on any atom is -0.370 e. The predicted octanol–water partition coefficient (Wildman–Crippen LogP) is 0.155. The van der Waals surface area contributed by atoms with Crippen LogP contribution < -0.4 is 11.1 Å². The highest BCUT2D eigenvalue weighted by Crippen LogP contribution is 2.24. The van der Waals surface area contributed by atoms with Gasteiger partial charge in [0.1, 0.15) is 12.3 Å². The number of aliphatic imine (C=N–C) groups is 1. The number of rotatable bonds is 4. The quantitative estimate of drug-likeness (QED) is 0.761. The van der Waals surface area contributed by atoms with E-state index < -0.39 is 0 Å². The smallest absolute Gasteiger partial charge is 0.241 e. The van der Waals surface area contributed by atoms with E-state index in [4.69, 9.17) is 5.73 Å². The number of amides is 1. The van der Waals surface area contributed by atoms with Crippen molar-refractivity contribution in [3.63, 3.8) is 0 Å². The molecule has 0 spiro atoms. The van der Waals surface area contributed by atoms with Crippen LogP contribution in [0.4, 0.5) is 0 Å². The van der Waals surface area contributed by atoms with Gasteiger partial charge in [-0.2, -0.15) is 0 Å². The van der Waals surface area contributed by atoms with E-state index in [9.17, 15) is 4.79 Å². The van der Waals surface area contributed by atoms with E-state index in [1.165, 1.54) is 0 Å². The van der Waals surface area contributed by atoms with Crippen LogP contribution in [0.25, 0.3) is 0 Å². The van der Waals surface area contributed by atoms with Gasteiger partial charge < -0.3 is 15.5 Å². The lowest BCUT2D eigenvalue weighted by Gasteiger charge is -2.43. The summed E-state index contributed by atoms with van der Waals surface area (Å²) in [6, 6.07) is -0.149. The molecule has 0 aromatic carbocycles. The number of nitrogens with zero attached hydrogens (tertiary/aromatic N) is 3.